The van der Waals surface area contributed by atoms with Gasteiger partial charge in [0.25, 0.3) is 0 Å². The van der Waals surface area contributed by atoms with Crippen molar-refractivity contribution in [1.29, 1.82) is 0 Å². The van der Waals surface area contributed by atoms with Crippen LogP contribution in [0.3, 0.4) is 0 Å². The molecule has 134 valence electrons. The molecule has 1 saturated heterocycles. The lowest BCUT2D eigenvalue weighted by Gasteiger charge is -2.48. The molecule has 1 heterocycles. The summed E-state index contributed by atoms with van der Waals surface area (Å²) in [6.07, 6.45) is 4.00. The van der Waals surface area contributed by atoms with Crippen LogP contribution >= 0.6 is 0 Å². The van der Waals surface area contributed by atoms with Gasteiger partial charge in [-0.3, -0.25) is 9.59 Å². The molecule has 0 aromatic heterocycles. The first-order chi connectivity index (χ1) is 12.1. The smallest absolute Gasteiger partial charge is 0.307 e. The van der Waals surface area contributed by atoms with Crippen molar-refractivity contribution in [3.8, 4) is 0 Å². The highest BCUT2D eigenvalue weighted by Gasteiger charge is 2.51. The second-order valence-electron chi connectivity index (χ2n) is 7.71. The van der Waals surface area contributed by atoms with Crippen LogP contribution in [0.5, 0.6) is 0 Å². The zero-order chi connectivity index (χ0) is 17.4. The van der Waals surface area contributed by atoms with Crippen LogP contribution in [0.4, 0.5) is 5.69 Å². The average Bonchev–Trinajstić information content (AvgIpc) is 2.68. The maximum Gasteiger partial charge on any atom is 0.307 e. The molecule has 0 unspecified atom stereocenters. The molecule has 1 aromatic rings. The molecule has 4 fully saturated rings. The molecule has 5 rings (SSSR count). The number of benzene rings is 1. The van der Waals surface area contributed by atoms with Gasteiger partial charge in [0.1, 0.15) is 0 Å². The van der Waals surface area contributed by atoms with Gasteiger partial charge < -0.3 is 14.9 Å². The maximum atomic E-state index is 13.1. The number of amides is 1. The number of carboxylic acids is 1. The zero-order valence-electron chi connectivity index (χ0n) is 14.5. The van der Waals surface area contributed by atoms with E-state index in [1.54, 1.807) is 0 Å². The quantitative estimate of drug-likeness (QED) is 0.917. The third kappa shape index (κ3) is 3.00. The van der Waals surface area contributed by atoms with E-state index in [9.17, 15) is 14.7 Å². The largest absolute Gasteiger partial charge is 0.481 e. The Bertz CT molecular complexity index is 632. The predicted octanol–water partition coefficient (Wildman–Crippen LogP) is 2.47. The Labute approximate surface area is 148 Å². The zero-order valence-corrected chi connectivity index (χ0v) is 14.5. The van der Waals surface area contributed by atoms with Gasteiger partial charge >= 0.3 is 5.97 Å². The minimum absolute atomic E-state index is 0.0921. The Morgan fingerprint density at radius 2 is 1.40 bits per heavy atom. The van der Waals surface area contributed by atoms with Crippen LogP contribution in [0, 0.1) is 23.7 Å². The molecular weight excluding hydrogens is 316 g/mol. The highest BCUT2D eigenvalue weighted by molar-refractivity contribution is 5.86. The minimum Gasteiger partial charge on any atom is -0.481 e. The van der Waals surface area contributed by atoms with E-state index in [4.69, 9.17) is 0 Å². The number of hydrogen-bond acceptors (Lipinski definition) is 3. The molecule has 1 aromatic carbocycles. The monoisotopic (exact) mass is 342 g/mol. The number of anilines is 1. The molecular formula is C20H26N2O3. The molecule has 4 aliphatic rings. The molecule has 3 aliphatic carbocycles. The van der Waals surface area contributed by atoms with Crippen LogP contribution in [0.1, 0.15) is 25.7 Å². The summed E-state index contributed by atoms with van der Waals surface area (Å²) in [6.45, 7) is 3.00. The number of nitrogens with zero attached hydrogens (tertiary/aromatic N) is 2. The number of carbonyl (C=O) groups excluding carboxylic acids is 1. The van der Waals surface area contributed by atoms with Gasteiger partial charge in [-0.15, -0.1) is 0 Å². The van der Waals surface area contributed by atoms with Crippen molar-refractivity contribution < 1.29 is 14.7 Å². The number of carboxylic acid groups (broad SMARTS) is 1. The average molecular weight is 342 g/mol. The summed E-state index contributed by atoms with van der Waals surface area (Å²) < 4.78 is 0. The normalized spacial score (nSPS) is 31.8. The lowest BCUT2D eigenvalue weighted by Crippen LogP contribution is -2.56. The fraction of sp³-hybridized carbons (Fsp3) is 0.600. The fourth-order valence-corrected chi connectivity index (χ4v) is 5.19. The van der Waals surface area contributed by atoms with E-state index < -0.39 is 11.9 Å². The van der Waals surface area contributed by atoms with Crippen molar-refractivity contribution in [3.05, 3.63) is 30.3 Å². The second-order valence-corrected chi connectivity index (χ2v) is 7.71. The molecule has 1 aliphatic heterocycles. The first kappa shape index (κ1) is 16.4. The van der Waals surface area contributed by atoms with Crippen molar-refractivity contribution in [1.82, 2.24) is 4.90 Å². The Morgan fingerprint density at radius 1 is 0.840 bits per heavy atom. The van der Waals surface area contributed by atoms with E-state index in [-0.39, 0.29) is 23.7 Å². The minimum atomic E-state index is -0.768. The van der Waals surface area contributed by atoms with E-state index >= 15 is 0 Å². The first-order valence-corrected chi connectivity index (χ1v) is 9.47. The number of piperazine rings is 1. The summed E-state index contributed by atoms with van der Waals surface area (Å²) in [7, 11) is 0. The van der Waals surface area contributed by atoms with Gasteiger partial charge in [0.2, 0.25) is 5.91 Å². The number of para-hydroxylation sites is 1. The highest BCUT2D eigenvalue weighted by Crippen LogP contribution is 2.49. The SMILES string of the molecule is O=C(O)[C@@H]1C2CCC(CC2)[C@H]1C(=O)N1CCN(c2ccccc2)CC1. The molecule has 1 amide bonds. The molecule has 2 bridgehead atoms. The predicted molar refractivity (Wildman–Crippen MR) is 95.3 cm³/mol. The molecule has 2 atom stereocenters. The van der Waals surface area contributed by atoms with E-state index in [1.807, 2.05) is 23.1 Å². The van der Waals surface area contributed by atoms with E-state index in [1.165, 1.54) is 5.69 Å². The van der Waals surface area contributed by atoms with Crippen LogP contribution in [-0.4, -0.2) is 48.1 Å². The van der Waals surface area contributed by atoms with E-state index in [0.29, 0.717) is 13.1 Å². The van der Waals surface area contributed by atoms with Crippen molar-refractivity contribution in [2.75, 3.05) is 31.1 Å². The van der Waals surface area contributed by atoms with Crippen LogP contribution in [0.2, 0.25) is 0 Å². The van der Waals surface area contributed by atoms with Gasteiger partial charge in [-0.1, -0.05) is 18.2 Å². The lowest BCUT2D eigenvalue weighted by molar-refractivity contribution is -0.162. The summed E-state index contributed by atoms with van der Waals surface area (Å²) in [6, 6.07) is 10.3. The standard InChI is InChI=1S/C20H26N2O3/c23-19(17-14-6-8-15(9-7-14)18(17)20(24)25)22-12-10-21(11-13-22)16-4-2-1-3-5-16/h1-5,14-15,17-18H,6-13H2,(H,24,25)/t14?,15?,17-,18-/m1/s1. The van der Waals surface area contributed by atoms with Crippen molar-refractivity contribution in [3.63, 3.8) is 0 Å². The summed E-state index contributed by atoms with van der Waals surface area (Å²) in [4.78, 5) is 29.2. The molecule has 5 heteroatoms. The Kier molecular flexibility index (Phi) is 4.40. The summed E-state index contributed by atoms with van der Waals surface area (Å²) >= 11 is 0. The fourth-order valence-electron chi connectivity index (χ4n) is 5.19. The third-order valence-electron chi connectivity index (χ3n) is 6.50. The number of fused-ring (bicyclic) bond motifs is 3. The van der Waals surface area contributed by atoms with Gasteiger partial charge in [0.15, 0.2) is 0 Å². The van der Waals surface area contributed by atoms with Crippen LogP contribution in [0.25, 0.3) is 0 Å². The van der Waals surface area contributed by atoms with Gasteiger partial charge in [0.05, 0.1) is 11.8 Å². The second kappa shape index (κ2) is 6.70. The number of rotatable bonds is 3. The van der Waals surface area contributed by atoms with Crippen molar-refractivity contribution >= 4 is 17.6 Å². The molecule has 5 nitrogen and oxygen atoms in total. The van der Waals surface area contributed by atoms with Gasteiger partial charge in [0, 0.05) is 31.9 Å². The van der Waals surface area contributed by atoms with Crippen molar-refractivity contribution in [2.45, 2.75) is 25.7 Å². The summed E-state index contributed by atoms with van der Waals surface area (Å²) in [5.74, 6) is -0.974. The van der Waals surface area contributed by atoms with Crippen molar-refractivity contribution in [2.24, 2.45) is 23.7 Å². The summed E-state index contributed by atoms with van der Waals surface area (Å²) in [5.41, 5.74) is 1.19. The molecule has 3 saturated carbocycles. The third-order valence-corrected chi connectivity index (χ3v) is 6.50. The lowest BCUT2D eigenvalue weighted by atomic mass is 9.58. The number of aliphatic carboxylic acids is 1. The highest BCUT2D eigenvalue weighted by atomic mass is 16.4. The maximum absolute atomic E-state index is 13.1. The Balaban J connectivity index is 1.44. The Hall–Kier alpha value is -2.04. The Morgan fingerprint density at radius 3 is 1.96 bits per heavy atom. The van der Waals surface area contributed by atoms with E-state index in [2.05, 4.69) is 17.0 Å². The summed E-state index contributed by atoms with van der Waals surface area (Å²) in [5, 5.41) is 9.69. The van der Waals surface area contributed by atoms with Gasteiger partial charge in [-0.2, -0.15) is 0 Å². The molecule has 1 N–H and O–H groups in total. The molecule has 25 heavy (non-hydrogen) atoms. The van der Waals surface area contributed by atoms with Gasteiger partial charge in [-0.25, -0.2) is 0 Å². The molecule has 0 radical (unpaired) electrons. The number of hydrogen-bond donors (Lipinski definition) is 1. The van der Waals surface area contributed by atoms with Crippen LogP contribution in [-0.2, 0) is 9.59 Å². The number of carbonyl (C=O) groups is 2. The van der Waals surface area contributed by atoms with E-state index in [0.717, 1.165) is 38.8 Å². The van der Waals surface area contributed by atoms with Gasteiger partial charge in [-0.05, 0) is 49.7 Å². The first-order valence-electron chi connectivity index (χ1n) is 9.47. The topological polar surface area (TPSA) is 60.9 Å². The van der Waals surface area contributed by atoms with Crippen LogP contribution < -0.4 is 4.90 Å². The van der Waals surface area contributed by atoms with Crippen LogP contribution in [0.15, 0.2) is 30.3 Å². The molecule has 0 spiro atoms.